The monoisotopic (exact) mass is 235 g/mol. The van der Waals surface area contributed by atoms with Crippen LogP contribution >= 0.6 is 0 Å². The van der Waals surface area contributed by atoms with Gasteiger partial charge < -0.3 is 15.2 Å². The lowest BCUT2D eigenvalue weighted by Gasteiger charge is -2.16. The van der Waals surface area contributed by atoms with Gasteiger partial charge in [-0.2, -0.15) is 5.26 Å². The number of aliphatic hydroxyl groups excluding tert-OH is 1. The first-order chi connectivity index (χ1) is 8.30. The number of rotatable bonds is 7. The van der Waals surface area contributed by atoms with Crippen molar-refractivity contribution in [2.24, 2.45) is 0 Å². The van der Waals surface area contributed by atoms with Crippen LogP contribution in [0.5, 0.6) is 0 Å². The number of aliphatic hydroxyl groups is 1. The van der Waals surface area contributed by atoms with Crippen LogP contribution < -0.4 is 5.32 Å². The third-order valence-electron chi connectivity index (χ3n) is 2.38. The van der Waals surface area contributed by atoms with Gasteiger partial charge in [0.15, 0.2) is 0 Å². The van der Waals surface area contributed by atoms with E-state index in [1.54, 1.807) is 19.4 Å². The minimum atomic E-state index is 0.115. The predicted octanol–water partition coefficient (Wildman–Crippen LogP) is 0.440. The first-order valence-corrected chi connectivity index (χ1v) is 5.48. The molecule has 0 aliphatic rings. The van der Waals surface area contributed by atoms with Gasteiger partial charge in [-0.1, -0.05) is 0 Å². The summed E-state index contributed by atoms with van der Waals surface area (Å²) < 4.78 is 5.05. The highest BCUT2D eigenvalue weighted by atomic mass is 16.5. The molecule has 5 nitrogen and oxygen atoms in total. The van der Waals surface area contributed by atoms with E-state index >= 15 is 0 Å². The Labute approximate surface area is 101 Å². The standard InChI is InChI=1S/C12H17N3O2/c1-17-9-11(3-5-16)15-8-10-2-4-14-12(6-10)7-13/h2,4,6,11,15-16H,3,5,8-9H2,1H3. The summed E-state index contributed by atoms with van der Waals surface area (Å²) >= 11 is 0. The molecule has 1 aromatic heterocycles. The Morgan fingerprint density at radius 1 is 1.65 bits per heavy atom. The number of nitrogens with zero attached hydrogens (tertiary/aromatic N) is 2. The second-order valence-electron chi connectivity index (χ2n) is 3.71. The first kappa shape index (κ1) is 13.6. The lowest BCUT2D eigenvalue weighted by atomic mass is 10.2. The van der Waals surface area contributed by atoms with E-state index in [1.807, 2.05) is 12.1 Å². The van der Waals surface area contributed by atoms with Crippen molar-refractivity contribution in [3.63, 3.8) is 0 Å². The maximum atomic E-state index is 8.89. The Balaban J connectivity index is 2.49. The predicted molar refractivity (Wildman–Crippen MR) is 63.2 cm³/mol. The van der Waals surface area contributed by atoms with E-state index in [1.165, 1.54) is 0 Å². The van der Waals surface area contributed by atoms with Gasteiger partial charge in [0.05, 0.1) is 6.61 Å². The average molecular weight is 235 g/mol. The van der Waals surface area contributed by atoms with Crippen molar-refractivity contribution in [3.8, 4) is 6.07 Å². The van der Waals surface area contributed by atoms with Gasteiger partial charge in [-0.05, 0) is 24.1 Å². The van der Waals surface area contributed by atoms with Crippen LogP contribution in [0.4, 0.5) is 0 Å². The smallest absolute Gasteiger partial charge is 0.140 e. The number of nitrogens with one attached hydrogen (secondary N) is 1. The minimum Gasteiger partial charge on any atom is -0.396 e. The zero-order chi connectivity index (χ0) is 12.5. The Kier molecular flexibility index (Phi) is 6.18. The highest BCUT2D eigenvalue weighted by Crippen LogP contribution is 2.02. The van der Waals surface area contributed by atoms with Crippen LogP contribution in [0.15, 0.2) is 18.3 Å². The molecule has 1 rings (SSSR count). The van der Waals surface area contributed by atoms with E-state index in [-0.39, 0.29) is 12.6 Å². The number of aromatic nitrogens is 1. The molecule has 0 aliphatic carbocycles. The molecule has 17 heavy (non-hydrogen) atoms. The fourth-order valence-electron chi connectivity index (χ4n) is 1.51. The molecule has 0 aromatic carbocycles. The van der Waals surface area contributed by atoms with E-state index in [9.17, 15) is 0 Å². The summed E-state index contributed by atoms with van der Waals surface area (Å²) in [7, 11) is 1.63. The van der Waals surface area contributed by atoms with Crippen LogP contribution in [0.2, 0.25) is 0 Å². The van der Waals surface area contributed by atoms with Gasteiger partial charge in [-0.3, -0.25) is 0 Å². The Hall–Kier alpha value is -1.48. The zero-order valence-corrected chi connectivity index (χ0v) is 9.89. The molecule has 0 amide bonds. The van der Waals surface area contributed by atoms with Crippen molar-refractivity contribution in [3.05, 3.63) is 29.6 Å². The van der Waals surface area contributed by atoms with Crippen LogP contribution in [-0.2, 0) is 11.3 Å². The van der Waals surface area contributed by atoms with Gasteiger partial charge in [-0.15, -0.1) is 0 Å². The number of pyridine rings is 1. The third kappa shape index (κ3) is 4.91. The molecule has 0 bridgehead atoms. The Morgan fingerprint density at radius 3 is 3.12 bits per heavy atom. The fourth-order valence-corrected chi connectivity index (χ4v) is 1.51. The quantitative estimate of drug-likeness (QED) is 0.717. The lowest BCUT2D eigenvalue weighted by Crippen LogP contribution is -2.33. The summed E-state index contributed by atoms with van der Waals surface area (Å²) in [6.07, 6.45) is 2.26. The average Bonchev–Trinajstić information content (AvgIpc) is 2.37. The van der Waals surface area contributed by atoms with E-state index < -0.39 is 0 Å². The van der Waals surface area contributed by atoms with Crippen molar-refractivity contribution in [2.75, 3.05) is 20.3 Å². The number of hydrogen-bond acceptors (Lipinski definition) is 5. The van der Waals surface area contributed by atoms with E-state index in [2.05, 4.69) is 10.3 Å². The number of ether oxygens (including phenoxy) is 1. The molecule has 2 N–H and O–H groups in total. The van der Waals surface area contributed by atoms with Crippen molar-refractivity contribution in [1.82, 2.24) is 10.3 Å². The number of hydrogen-bond donors (Lipinski definition) is 2. The molecule has 0 aliphatic heterocycles. The molecular weight excluding hydrogens is 218 g/mol. The molecule has 0 saturated carbocycles. The zero-order valence-electron chi connectivity index (χ0n) is 9.89. The van der Waals surface area contributed by atoms with Gasteiger partial charge in [0.1, 0.15) is 11.8 Å². The van der Waals surface area contributed by atoms with Crippen molar-refractivity contribution < 1.29 is 9.84 Å². The summed E-state index contributed by atoms with van der Waals surface area (Å²) in [6, 6.07) is 5.72. The maximum absolute atomic E-state index is 8.89. The first-order valence-electron chi connectivity index (χ1n) is 5.48. The van der Waals surface area contributed by atoms with Gasteiger partial charge in [0.2, 0.25) is 0 Å². The van der Waals surface area contributed by atoms with Gasteiger partial charge >= 0.3 is 0 Å². The highest BCUT2D eigenvalue weighted by Gasteiger charge is 2.07. The molecular formula is C12H17N3O2. The maximum Gasteiger partial charge on any atom is 0.140 e. The SMILES string of the molecule is COCC(CCO)NCc1ccnc(C#N)c1. The molecule has 0 saturated heterocycles. The van der Waals surface area contributed by atoms with E-state index in [0.717, 1.165) is 5.56 Å². The molecule has 0 radical (unpaired) electrons. The van der Waals surface area contributed by atoms with Crippen LogP contribution in [0.1, 0.15) is 17.7 Å². The minimum absolute atomic E-state index is 0.115. The summed E-state index contributed by atoms with van der Waals surface area (Å²) in [4.78, 5) is 3.90. The molecule has 0 spiro atoms. The molecule has 5 heteroatoms. The fraction of sp³-hybridized carbons (Fsp3) is 0.500. The number of nitriles is 1. The third-order valence-corrected chi connectivity index (χ3v) is 2.38. The van der Waals surface area contributed by atoms with E-state index in [0.29, 0.717) is 25.3 Å². The highest BCUT2D eigenvalue weighted by molar-refractivity contribution is 5.25. The van der Waals surface area contributed by atoms with Gasteiger partial charge in [-0.25, -0.2) is 4.98 Å². The van der Waals surface area contributed by atoms with Crippen LogP contribution in [-0.4, -0.2) is 36.5 Å². The van der Waals surface area contributed by atoms with Crippen LogP contribution in [0, 0.1) is 11.3 Å². The Bertz CT molecular complexity index is 370. The second kappa shape index (κ2) is 7.74. The summed E-state index contributed by atoms with van der Waals surface area (Å²) in [5, 5.41) is 20.9. The topological polar surface area (TPSA) is 78.2 Å². The van der Waals surface area contributed by atoms with Crippen molar-refractivity contribution in [2.45, 2.75) is 19.0 Å². The van der Waals surface area contributed by atoms with Gasteiger partial charge in [0.25, 0.3) is 0 Å². The largest absolute Gasteiger partial charge is 0.396 e. The molecule has 0 fully saturated rings. The molecule has 1 atom stereocenters. The van der Waals surface area contributed by atoms with Gasteiger partial charge in [0, 0.05) is 32.5 Å². The van der Waals surface area contributed by atoms with Crippen molar-refractivity contribution >= 4 is 0 Å². The summed E-state index contributed by atoms with van der Waals surface area (Å²) in [5.41, 5.74) is 1.41. The molecule has 92 valence electrons. The summed E-state index contributed by atoms with van der Waals surface area (Å²) in [5.74, 6) is 0. The van der Waals surface area contributed by atoms with E-state index in [4.69, 9.17) is 15.1 Å². The summed E-state index contributed by atoms with van der Waals surface area (Å²) in [6.45, 7) is 1.31. The molecule has 1 heterocycles. The number of methoxy groups -OCH3 is 1. The van der Waals surface area contributed by atoms with Crippen molar-refractivity contribution in [1.29, 1.82) is 5.26 Å². The van der Waals surface area contributed by atoms with Crippen LogP contribution in [0.25, 0.3) is 0 Å². The lowest BCUT2D eigenvalue weighted by molar-refractivity contribution is 0.148. The normalized spacial score (nSPS) is 12.1. The molecule has 1 aromatic rings. The molecule has 1 unspecified atom stereocenters. The van der Waals surface area contributed by atoms with Crippen LogP contribution in [0.3, 0.4) is 0 Å². The second-order valence-corrected chi connectivity index (χ2v) is 3.71. The Morgan fingerprint density at radius 2 is 2.47 bits per heavy atom.